The molecule has 0 aliphatic heterocycles. The van der Waals surface area contributed by atoms with Gasteiger partial charge >= 0.3 is 5.97 Å². The molecule has 114 valence electrons. The molecule has 0 aliphatic carbocycles. The third kappa shape index (κ3) is 4.38. The van der Waals surface area contributed by atoms with Gasteiger partial charge in [-0.15, -0.1) is 0 Å². The van der Waals surface area contributed by atoms with Crippen LogP contribution in [0.3, 0.4) is 0 Å². The minimum atomic E-state index is -0.398. The highest BCUT2D eigenvalue weighted by molar-refractivity contribution is 7.99. The van der Waals surface area contributed by atoms with Crippen molar-refractivity contribution in [3.8, 4) is 5.75 Å². The fourth-order valence-corrected chi connectivity index (χ4v) is 2.92. The summed E-state index contributed by atoms with van der Waals surface area (Å²) in [7, 11) is 0. The Bertz CT molecular complexity index is 784. The van der Waals surface area contributed by atoms with E-state index in [4.69, 9.17) is 16.3 Å². The van der Waals surface area contributed by atoms with Gasteiger partial charge in [0.05, 0.1) is 5.56 Å². The molecule has 23 heavy (non-hydrogen) atoms. The summed E-state index contributed by atoms with van der Waals surface area (Å²) < 4.78 is 5.35. The smallest absolute Gasteiger partial charge is 0.343 e. The van der Waals surface area contributed by atoms with E-state index in [0.29, 0.717) is 16.3 Å². The fourth-order valence-electron chi connectivity index (χ4n) is 1.95. The van der Waals surface area contributed by atoms with Gasteiger partial charge in [-0.3, -0.25) is 0 Å². The minimum absolute atomic E-state index is 0.398. The van der Waals surface area contributed by atoms with Crippen LogP contribution < -0.4 is 4.74 Å². The normalized spacial score (nSPS) is 10.3. The van der Waals surface area contributed by atoms with Gasteiger partial charge in [0, 0.05) is 14.8 Å². The first-order valence-corrected chi connectivity index (χ1v) is 8.21. The average molecular weight is 341 g/mol. The highest BCUT2D eigenvalue weighted by Crippen LogP contribution is 2.28. The van der Waals surface area contributed by atoms with E-state index in [2.05, 4.69) is 12.1 Å². The molecule has 2 nitrogen and oxygen atoms in total. The predicted octanol–water partition coefficient (Wildman–Crippen LogP) is 5.71. The number of carbonyl (C=O) groups is 1. The number of benzene rings is 3. The second kappa shape index (κ2) is 7.36. The topological polar surface area (TPSA) is 26.3 Å². The lowest BCUT2D eigenvalue weighted by Gasteiger charge is -2.06. The molecule has 0 spiro atoms. The Balaban J connectivity index is 1.65. The number of esters is 1. The predicted molar refractivity (Wildman–Crippen MR) is 93.4 cm³/mol. The lowest BCUT2D eigenvalue weighted by Crippen LogP contribution is -2.07. The zero-order valence-electron chi connectivity index (χ0n) is 12.1. The zero-order valence-corrected chi connectivity index (χ0v) is 13.7. The van der Waals surface area contributed by atoms with Crippen molar-refractivity contribution in [3.05, 3.63) is 89.4 Å². The van der Waals surface area contributed by atoms with Crippen molar-refractivity contribution in [1.29, 1.82) is 0 Å². The number of ether oxygens (including phenoxy) is 1. The number of halogens is 1. The van der Waals surface area contributed by atoms with Gasteiger partial charge < -0.3 is 4.74 Å². The summed E-state index contributed by atoms with van der Waals surface area (Å²) in [5.74, 6) is 0.118. The van der Waals surface area contributed by atoms with E-state index >= 15 is 0 Å². The largest absolute Gasteiger partial charge is 0.423 e. The standard InChI is InChI=1S/C19H13ClO2S/c20-15-8-6-14(7-9-15)19(21)22-16-10-12-18(13-11-16)23-17-4-2-1-3-5-17/h1-13H. The van der Waals surface area contributed by atoms with Crippen molar-refractivity contribution in [2.24, 2.45) is 0 Å². The quantitative estimate of drug-likeness (QED) is 0.449. The molecule has 0 bridgehead atoms. The molecule has 0 heterocycles. The van der Waals surface area contributed by atoms with Crippen molar-refractivity contribution < 1.29 is 9.53 Å². The maximum atomic E-state index is 12.0. The summed E-state index contributed by atoms with van der Waals surface area (Å²) in [6.45, 7) is 0. The van der Waals surface area contributed by atoms with E-state index < -0.39 is 5.97 Å². The highest BCUT2D eigenvalue weighted by atomic mass is 35.5. The van der Waals surface area contributed by atoms with Crippen LogP contribution in [0, 0.1) is 0 Å². The Hall–Kier alpha value is -2.23. The van der Waals surface area contributed by atoms with E-state index in [1.807, 2.05) is 30.3 Å². The van der Waals surface area contributed by atoms with Gasteiger partial charge in [-0.25, -0.2) is 4.79 Å². The average Bonchev–Trinajstić information content (AvgIpc) is 2.58. The third-order valence-electron chi connectivity index (χ3n) is 3.09. The fraction of sp³-hybridized carbons (Fsp3) is 0. The molecular weight excluding hydrogens is 328 g/mol. The van der Waals surface area contributed by atoms with Crippen LogP contribution in [-0.2, 0) is 0 Å². The number of hydrogen-bond donors (Lipinski definition) is 0. The van der Waals surface area contributed by atoms with Crippen molar-refractivity contribution in [3.63, 3.8) is 0 Å². The first kappa shape index (κ1) is 15.7. The molecule has 3 rings (SSSR count). The lowest BCUT2D eigenvalue weighted by atomic mass is 10.2. The van der Waals surface area contributed by atoms with Crippen molar-refractivity contribution in [1.82, 2.24) is 0 Å². The minimum Gasteiger partial charge on any atom is -0.423 e. The highest BCUT2D eigenvalue weighted by Gasteiger charge is 2.08. The Morgan fingerprint density at radius 3 is 2.04 bits per heavy atom. The van der Waals surface area contributed by atoms with Crippen molar-refractivity contribution >= 4 is 29.3 Å². The number of rotatable bonds is 4. The molecule has 0 aromatic heterocycles. The van der Waals surface area contributed by atoms with E-state index in [-0.39, 0.29) is 0 Å². The molecule has 0 saturated heterocycles. The van der Waals surface area contributed by atoms with E-state index in [1.165, 1.54) is 4.90 Å². The molecule has 0 unspecified atom stereocenters. The Labute approximate surface area is 144 Å². The summed E-state index contributed by atoms with van der Waals surface area (Å²) in [4.78, 5) is 14.3. The number of hydrogen-bond acceptors (Lipinski definition) is 3. The van der Waals surface area contributed by atoms with Crippen molar-refractivity contribution in [2.75, 3.05) is 0 Å². The molecule has 0 amide bonds. The second-order valence-electron chi connectivity index (χ2n) is 4.78. The lowest BCUT2D eigenvalue weighted by molar-refractivity contribution is 0.0734. The molecule has 0 radical (unpaired) electrons. The van der Waals surface area contributed by atoms with Gasteiger partial charge in [-0.1, -0.05) is 41.6 Å². The Morgan fingerprint density at radius 1 is 0.783 bits per heavy atom. The maximum Gasteiger partial charge on any atom is 0.343 e. The van der Waals surface area contributed by atoms with Gasteiger partial charge in [-0.05, 0) is 60.7 Å². The van der Waals surface area contributed by atoms with Crippen LogP contribution in [0.2, 0.25) is 5.02 Å². The first-order chi connectivity index (χ1) is 11.2. The summed E-state index contributed by atoms with van der Waals surface area (Å²) in [6.07, 6.45) is 0. The van der Waals surface area contributed by atoms with Crippen LogP contribution in [0.15, 0.2) is 88.7 Å². The van der Waals surface area contributed by atoms with E-state index in [1.54, 1.807) is 48.2 Å². The summed E-state index contributed by atoms with van der Waals surface area (Å²) in [6, 6.07) is 24.2. The first-order valence-electron chi connectivity index (χ1n) is 7.01. The molecule has 0 aliphatic rings. The van der Waals surface area contributed by atoms with Gasteiger partial charge in [0.25, 0.3) is 0 Å². The molecule has 3 aromatic rings. The SMILES string of the molecule is O=C(Oc1ccc(Sc2ccccc2)cc1)c1ccc(Cl)cc1. The summed E-state index contributed by atoms with van der Waals surface area (Å²) in [5.41, 5.74) is 0.470. The van der Waals surface area contributed by atoms with Crippen LogP contribution >= 0.6 is 23.4 Å². The van der Waals surface area contributed by atoms with Gasteiger partial charge in [-0.2, -0.15) is 0 Å². The maximum absolute atomic E-state index is 12.0. The van der Waals surface area contributed by atoms with Crippen LogP contribution in [0.4, 0.5) is 0 Å². The van der Waals surface area contributed by atoms with Crippen LogP contribution in [0.1, 0.15) is 10.4 Å². The zero-order chi connectivity index (χ0) is 16.1. The molecule has 0 saturated carbocycles. The molecule has 4 heteroatoms. The van der Waals surface area contributed by atoms with Gasteiger partial charge in [0.1, 0.15) is 5.75 Å². The van der Waals surface area contributed by atoms with Crippen LogP contribution in [0.5, 0.6) is 5.75 Å². The monoisotopic (exact) mass is 340 g/mol. The van der Waals surface area contributed by atoms with Gasteiger partial charge in [0.2, 0.25) is 0 Å². The molecule has 0 atom stereocenters. The Kier molecular flexibility index (Phi) is 5.01. The van der Waals surface area contributed by atoms with E-state index in [9.17, 15) is 4.79 Å². The number of carbonyl (C=O) groups excluding carboxylic acids is 1. The third-order valence-corrected chi connectivity index (χ3v) is 4.36. The van der Waals surface area contributed by atoms with Gasteiger partial charge in [0.15, 0.2) is 0 Å². The molecule has 0 fully saturated rings. The van der Waals surface area contributed by atoms with Crippen molar-refractivity contribution in [2.45, 2.75) is 9.79 Å². The molecular formula is C19H13ClO2S. The summed E-state index contributed by atoms with van der Waals surface area (Å²) in [5, 5.41) is 0.587. The van der Waals surface area contributed by atoms with Crippen LogP contribution in [-0.4, -0.2) is 5.97 Å². The summed E-state index contributed by atoms with van der Waals surface area (Å²) >= 11 is 7.46. The molecule has 3 aromatic carbocycles. The Morgan fingerprint density at radius 2 is 1.39 bits per heavy atom. The van der Waals surface area contributed by atoms with Crippen LogP contribution in [0.25, 0.3) is 0 Å². The molecule has 0 N–H and O–H groups in total. The second-order valence-corrected chi connectivity index (χ2v) is 6.37. The van der Waals surface area contributed by atoms with E-state index in [0.717, 1.165) is 4.90 Å².